The second-order valence-corrected chi connectivity index (χ2v) is 3.82. The van der Waals surface area contributed by atoms with E-state index < -0.39 is 5.60 Å². The monoisotopic (exact) mass is 195 g/mol. The summed E-state index contributed by atoms with van der Waals surface area (Å²) >= 11 is 0. The maximum Gasteiger partial charge on any atom is 0.119 e. The Labute approximate surface area is 81.8 Å². The van der Waals surface area contributed by atoms with Crippen molar-refractivity contribution in [1.29, 1.82) is 0 Å². The molecule has 2 rings (SSSR count). The Morgan fingerprint density at radius 2 is 2.00 bits per heavy atom. The van der Waals surface area contributed by atoms with Crippen molar-refractivity contribution >= 4 is 0 Å². The van der Waals surface area contributed by atoms with Gasteiger partial charge < -0.3 is 20.6 Å². The Morgan fingerprint density at radius 3 is 2.57 bits per heavy atom. The van der Waals surface area contributed by atoms with E-state index in [0.29, 0.717) is 25.1 Å². The molecule has 76 valence electrons. The van der Waals surface area contributed by atoms with Crippen LogP contribution in [0.25, 0.3) is 0 Å². The summed E-state index contributed by atoms with van der Waals surface area (Å²) in [5, 5.41) is 31.5. The third-order valence-corrected chi connectivity index (χ3v) is 2.49. The van der Waals surface area contributed by atoms with Crippen molar-refractivity contribution in [3.63, 3.8) is 0 Å². The van der Waals surface area contributed by atoms with E-state index in [0.717, 1.165) is 0 Å². The first-order valence-corrected chi connectivity index (χ1v) is 4.53. The summed E-state index contributed by atoms with van der Waals surface area (Å²) in [5.74, 6) is 0.219. The summed E-state index contributed by atoms with van der Waals surface area (Å²) in [6.45, 7) is 1.06. The molecule has 4 heteroatoms. The molecule has 1 aromatic rings. The molecule has 4 nitrogen and oxygen atoms in total. The van der Waals surface area contributed by atoms with Crippen LogP contribution in [0, 0.1) is 0 Å². The average Bonchev–Trinajstić information content (AvgIpc) is 2.09. The molecular weight excluding hydrogens is 182 g/mol. The first-order chi connectivity index (χ1) is 6.59. The van der Waals surface area contributed by atoms with E-state index in [1.165, 1.54) is 18.2 Å². The van der Waals surface area contributed by atoms with Gasteiger partial charge in [0.05, 0.1) is 5.60 Å². The SMILES string of the molecule is Oc1ccc(O)c(CC2(O)CNC2)c1. The number of nitrogens with one attached hydrogen (secondary N) is 1. The van der Waals surface area contributed by atoms with Gasteiger partial charge in [-0.2, -0.15) is 0 Å². The van der Waals surface area contributed by atoms with E-state index in [9.17, 15) is 15.3 Å². The van der Waals surface area contributed by atoms with Crippen molar-refractivity contribution in [2.24, 2.45) is 0 Å². The van der Waals surface area contributed by atoms with Crippen LogP contribution in [0.2, 0.25) is 0 Å². The second kappa shape index (κ2) is 3.15. The number of β-amino-alcohol motifs (C(OH)–C–C–N with tert-alkyl or cyclic N) is 1. The van der Waals surface area contributed by atoms with Gasteiger partial charge in [0, 0.05) is 25.1 Å². The normalized spacial score (nSPS) is 18.9. The fourth-order valence-corrected chi connectivity index (χ4v) is 1.61. The van der Waals surface area contributed by atoms with Gasteiger partial charge in [-0.25, -0.2) is 0 Å². The van der Waals surface area contributed by atoms with Gasteiger partial charge >= 0.3 is 0 Å². The average molecular weight is 195 g/mol. The molecule has 1 fully saturated rings. The van der Waals surface area contributed by atoms with Gasteiger partial charge in [0.15, 0.2) is 0 Å². The lowest BCUT2D eigenvalue weighted by atomic mass is 9.89. The number of phenols is 2. The summed E-state index contributed by atoms with van der Waals surface area (Å²) in [6.07, 6.45) is 0.361. The topological polar surface area (TPSA) is 72.7 Å². The molecule has 0 bridgehead atoms. The number of aromatic hydroxyl groups is 2. The molecule has 0 aliphatic carbocycles. The molecule has 14 heavy (non-hydrogen) atoms. The van der Waals surface area contributed by atoms with E-state index >= 15 is 0 Å². The Hall–Kier alpha value is -1.26. The molecule has 1 aliphatic rings. The van der Waals surface area contributed by atoms with Crippen LogP contribution in [0.15, 0.2) is 18.2 Å². The van der Waals surface area contributed by atoms with Crippen LogP contribution in [-0.2, 0) is 6.42 Å². The fraction of sp³-hybridized carbons (Fsp3) is 0.400. The van der Waals surface area contributed by atoms with E-state index in [-0.39, 0.29) is 11.5 Å². The van der Waals surface area contributed by atoms with Gasteiger partial charge in [-0.1, -0.05) is 0 Å². The van der Waals surface area contributed by atoms with Gasteiger partial charge in [-0.15, -0.1) is 0 Å². The zero-order valence-electron chi connectivity index (χ0n) is 7.70. The predicted molar refractivity (Wildman–Crippen MR) is 51.3 cm³/mol. The number of hydrogen-bond acceptors (Lipinski definition) is 4. The number of hydrogen-bond donors (Lipinski definition) is 4. The summed E-state index contributed by atoms with van der Waals surface area (Å²) < 4.78 is 0. The van der Waals surface area contributed by atoms with Gasteiger partial charge in [0.2, 0.25) is 0 Å². The third kappa shape index (κ3) is 1.66. The lowest BCUT2D eigenvalue weighted by Gasteiger charge is -2.37. The van der Waals surface area contributed by atoms with Gasteiger partial charge in [0.25, 0.3) is 0 Å². The highest BCUT2D eigenvalue weighted by atomic mass is 16.3. The molecule has 1 aliphatic heterocycles. The molecular formula is C10H13NO3. The lowest BCUT2D eigenvalue weighted by molar-refractivity contribution is -0.00946. The van der Waals surface area contributed by atoms with Crippen molar-refractivity contribution in [2.45, 2.75) is 12.0 Å². The lowest BCUT2D eigenvalue weighted by Crippen LogP contribution is -2.60. The van der Waals surface area contributed by atoms with E-state index in [1.54, 1.807) is 0 Å². The molecule has 0 aromatic heterocycles. The van der Waals surface area contributed by atoms with E-state index in [4.69, 9.17) is 0 Å². The van der Waals surface area contributed by atoms with Crippen molar-refractivity contribution in [1.82, 2.24) is 5.32 Å². The minimum absolute atomic E-state index is 0.105. The van der Waals surface area contributed by atoms with E-state index in [2.05, 4.69) is 5.32 Å². The summed E-state index contributed by atoms with van der Waals surface area (Å²) in [6, 6.07) is 4.33. The van der Waals surface area contributed by atoms with Crippen molar-refractivity contribution in [2.75, 3.05) is 13.1 Å². The van der Waals surface area contributed by atoms with Gasteiger partial charge in [-0.05, 0) is 18.2 Å². The molecule has 1 saturated heterocycles. The quantitative estimate of drug-likeness (QED) is 0.500. The molecule has 0 spiro atoms. The predicted octanol–water partition coefficient (Wildman–Crippen LogP) is -0.0254. The largest absolute Gasteiger partial charge is 0.508 e. The summed E-state index contributed by atoms with van der Waals surface area (Å²) in [4.78, 5) is 0. The van der Waals surface area contributed by atoms with Crippen LogP contribution in [0.5, 0.6) is 11.5 Å². The molecule has 1 aromatic carbocycles. The molecule has 1 heterocycles. The molecule has 4 N–H and O–H groups in total. The number of rotatable bonds is 2. The number of benzene rings is 1. The van der Waals surface area contributed by atoms with Crippen LogP contribution in [0.1, 0.15) is 5.56 Å². The Kier molecular flexibility index (Phi) is 2.09. The smallest absolute Gasteiger partial charge is 0.119 e. The first kappa shape index (κ1) is 9.30. The van der Waals surface area contributed by atoms with Gasteiger partial charge in [0.1, 0.15) is 11.5 Å². The van der Waals surface area contributed by atoms with Crippen molar-refractivity contribution in [3.8, 4) is 11.5 Å². The minimum atomic E-state index is -0.773. The summed E-state index contributed by atoms with van der Waals surface area (Å²) in [7, 11) is 0. The highest BCUT2D eigenvalue weighted by Crippen LogP contribution is 2.27. The van der Waals surface area contributed by atoms with Crippen molar-refractivity contribution < 1.29 is 15.3 Å². The fourth-order valence-electron chi connectivity index (χ4n) is 1.61. The molecule has 0 atom stereocenters. The zero-order valence-corrected chi connectivity index (χ0v) is 7.70. The van der Waals surface area contributed by atoms with Crippen LogP contribution >= 0.6 is 0 Å². The Balaban J connectivity index is 2.19. The molecule has 0 radical (unpaired) electrons. The Bertz CT molecular complexity index is 347. The highest BCUT2D eigenvalue weighted by Gasteiger charge is 2.34. The standard InChI is InChI=1S/C10H13NO3/c12-8-1-2-9(13)7(3-8)4-10(14)5-11-6-10/h1-3,11-14H,4-6H2. The third-order valence-electron chi connectivity index (χ3n) is 2.49. The van der Waals surface area contributed by atoms with Crippen LogP contribution < -0.4 is 5.32 Å². The second-order valence-electron chi connectivity index (χ2n) is 3.82. The zero-order chi connectivity index (χ0) is 10.2. The maximum absolute atomic E-state index is 9.82. The first-order valence-electron chi connectivity index (χ1n) is 4.53. The number of phenolic OH excluding ortho intramolecular Hbond substituents is 2. The van der Waals surface area contributed by atoms with Crippen molar-refractivity contribution in [3.05, 3.63) is 23.8 Å². The minimum Gasteiger partial charge on any atom is -0.508 e. The van der Waals surface area contributed by atoms with Crippen LogP contribution in [-0.4, -0.2) is 34.0 Å². The number of aliphatic hydroxyl groups is 1. The maximum atomic E-state index is 9.82. The molecule has 0 unspecified atom stereocenters. The van der Waals surface area contributed by atoms with Crippen LogP contribution in [0.4, 0.5) is 0 Å². The van der Waals surface area contributed by atoms with E-state index in [1.807, 2.05) is 0 Å². The Morgan fingerprint density at radius 1 is 1.29 bits per heavy atom. The highest BCUT2D eigenvalue weighted by molar-refractivity contribution is 5.39. The summed E-state index contributed by atoms with van der Waals surface area (Å²) in [5.41, 5.74) is -0.195. The van der Waals surface area contributed by atoms with Crippen LogP contribution in [0.3, 0.4) is 0 Å². The molecule has 0 saturated carbocycles. The van der Waals surface area contributed by atoms with Gasteiger partial charge in [-0.3, -0.25) is 0 Å². The molecule has 0 amide bonds.